The smallest absolute Gasteiger partial charge is 0.254 e. The largest absolute Gasteiger partial charge is 0.361 e. The summed E-state index contributed by atoms with van der Waals surface area (Å²) in [7, 11) is 0. The van der Waals surface area contributed by atoms with Crippen molar-refractivity contribution >= 4 is 16.8 Å². The molecule has 1 aromatic carbocycles. The number of nitrogens with zero attached hydrogens (tertiary/aromatic N) is 3. The van der Waals surface area contributed by atoms with Gasteiger partial charge in [-0.3, -0.25) is 9.48 Å². The molecule has 1 N–H and O–H groups in total. The lowest BCUT2D eigenvalue weighted by molar-refractivity contribution is 0.0502. The minimum atomic E-state index is 0.0879. The molecule has 3 aromatic rings. The van der Waals surface area contributed by atoms with Crippen molar-refractivity contribution in [2.24, 2.45) is 0 Å². The Morgan fingerprint density at radius 3 is 3.00 bits per heavy atom. The van der Waals surface area contributed by atoms with Gasteiger partial charge in [-0.1, -0.05) is 6.07 Å². The zero-order valence-electron chi connectivity index (χ0n) is 10.9. The Hall–Kier alpha value is -2.56. The third-order valence-corrected chi connectivity index (χ3v) is 3.85. The summed E-state index contributed by atoms with van der Waals surface area (Å²) < 4.78 is 1.91. The fraction of sp³-hybridized carbons (Fsp3) is 0.200. The average Bonchev–Trinajstić information content (AvgIpc) is 3.06. The molecule has 0 unspecified atom stereocenters. The van der Waals surface area contributed by atoms with Crippen LogP contribution in [0.2, 0.25) is 0 Å². The highest BCUT2D eigenvalue weighted by molar-refractivity contribution is 5.98. The van der Waals surface area contributed by atoms with Gasteiger partial charge in [-0.15, -0.1) is 0 Å². The molecule has 0 aliphatic carbocycles. The van der Waals surface area contributed by atoms with Crippen LogP contribution < -0.4 is 0 Å². The van der Waals surface area contributed by atoms with Crippen LogP contribution in [0.25, 0.3) is 10.9 Å². The number of likely N-dealkylation sites (tertiary alicyclic amines) is 1. The number of H-pyrrole nitrogens is 1. The summed E-state index contributed by atoms with van der Waals surface area (Å²) in [6, 6.07) is 10.00. The highest BCUT2D eigenvalue weighted by Gasteiger charge is 2.32. The monoisotopic (exact) mass is 266 g/mol. The van der Waals surface area contributed by atoms with E-state index >= 15 is 0 Å². The number of hydrogen-bond acceptors (Lipinski definition) is 2. The Morgan fingerprint density at radius 1 is 1.30 bits per heavy atom. The quantitative estimate of drug-likeness (QED) is 0.772. The third-order valence-electron chi connectivity index (χ3n) is 3.85. The molecule has 1 saturated heterocycles. The molecule has 0 atom stereocenters. The van der Waals surface area contributed by atoms with Crippen LogP contribution in [0.5, 0.6) is 0 Å². The molecule has 0 saturated carbocycles. The van der Waals surface area contributed by atoms with Crippen LogP contribution >= 0.6 is 0 Å². The highest BCUT2D eigenvalue weighted by Crippen LogP contribution is 2.23. The van der Waals surface area contributed by atoms with Crippen LogP contribution in [0, 0.1) is 0 Å². The summed E-state index contributed by atoms with van der Waals surface area (Å²) in [5, 5.41) is 5.34. The second-order valence-corrected chi connectivity index (χ2v) is 5.13. The second kappa shape index (κ2) is 4.23. The van der Waals surface area contributed by atoms with E-state index in [1.54, 1.807) is 6.20 Å². The lowest BCUT2D eigenvalue weighted by Crippen LogP contribution is -2.50. The first-order chi connectivity index (χ1) is 9.81. The summed E-state index contributed by atoms with van der Waals surface area (Å²) in [6.45, 7) is 1.45. The van der Waals surface area contributed by atoms with Crippen LogP contribution in [0.15, 0.2) is 48.9 Å². The molecular formula is C15H14N4O. The Kier molecular flexibility index (Phi) is 2.39. The molecule has 20 heavy (non-hydrogen) atoms. The number of aromatic amines is 1. The summed E-state index contributed by atoms with van der Waals surface area (Å²) in [6.07, 6.45) is 5.59. The van der Waals surface area contributed by atoms with E-state index in [1.807, 2.05) is 52.3 Å². The maximum Gasteiger partial charge on any atom is 0.254 e. The summed E-state index contributed by atoms with van der Waals surface area (Å²) in [5.41, 5.74) is 1.74. The molecule has 4 rings (SSSR count). The molecule has 1 fully saturated rings. The van der Waals surface area contributed by atoms with E-state index in [0.29, 0.717) is 6.04 Å². The third kappa shape index (κ3) is 1.71. The van der Waals surface area contributed by atoms with E-state index in [1.165, 1.54) is 0 Å². The zero-order valence-corrected chi connectivity index (χ0v) is 10.9. The topological polar surface area (TPSA) is 53.9 Å². The Bertz CT molecular complexity index is 753. The van der Waals surface area contributed by atoms with Gasteiger partial charge in [0.05, 0.1) is 6.04 Å². The van der Waals surface area contributed by atoms with E-state index in [-0.39, 0.29) is 5.91 Å². The molecule has 0 radical (unpaired) electrons. The van der Waals surface area contributed by atoms with E-state index in [0.717, 1.165) is 29.6 Å². The zero-order chi connectivity index (χ0) is 13.5. The average molecular weight is 266 g/mol. The van der Waals surface area contributed by atoms with Gasteiger partial charge in [0.15, 0.2) is 0 Å². The number of hydrogen-bond donors (Lipinski definition) is 1. The first-order valence-corrected chi connectivity index (χ1v) is 6.67. The molecule has 1 aliphatic heterocycles. The minimum absolute atomic E-state index is 0.0879. The number of amides is 1. The fourth-order valence-corrected chi connectivity index (χ4v) is 2.65. The Morgan fingerprint density at radius 2 is 2.20 bits per heavy atom. The van der Waals surface area contributed by atoms with E-state index < -0.39 is 0 Å². The number of fused-ring (bicyclic) bond motifs is 1. The standard InChI is InChI=1S/C15H14N4O/c20-15(12-3-2-11-4-6-16-14(11)8-12)18-9-13(10-18)19-7-1-5-17-19/h1-8,13,16H,9-10H2. The number of carbonyl (C=O) groups excluding carboxylic acids is 1. The van der Waals surface area contributed by atoms with Crippen LogP contribution in [0.1, 0.15) is 16.4 Å². The van der Waals surface area contributed by atoms with Gasteiger partial charge in [-0.05, 0) is 29.7 Å². The van der Waals surface area contributed by atoms with Gasteiger partial charge in [0.1, 0.15) is 0 Å². The number of aromatic nitrogens is 3. The van der Waals surface area contributed by atoms with Crippen molar-refractivity contribution in [3.8, 4) is 0 Å². The van der Waals surface area contributed by atoms with Crippen LogP contribution in [0.3, 0.4) is 0 Å². The Balaban J connectivity index is 1.51. The second-order valence-electron chi connectivity index (χ2n) is 5.13. The molecule has 1 amide bonds. The molecule has 5 nitrogen and oxygen atoms in total. The molecule has 100 valence electrons. The predicted molar refractivity (Wildman–Crippen MR) is 75.5 cm³/mol. The lowest BCUT2D eigenvalue weighted by Gasteiger charge is -2.39. The molecule has 3 heterocycles. The van der Waals surface area contributed by atoms with Crippen molar-refractivity contribution in [3.05, 3.63) is 54.5 Å². The van der Waals surface area contributed by atoms with E-state index in [2.05, 4.69) is 10.1 Å². The predicted octanol–water partition coefficient (Wildman–Crippen LogP) is 2.06. The summed E-state index contributed by atoms with van der Waals surface area (Å²) >= 11 is 0. The number of rotatable bonds is 2. The molecule has 1 aliphatic rings. The van der Waals surface area contributed by atoms with Gasteiger partial charge >= 0.3 is 0 Å². The normalized spacial score (nSPS) is 15.5. The van der Waals surface area contributed by atoms with Gasteiger partial charge in [-0.2, -0.15) is 5.10 Å². The SMILES string of the molecule is O=C(c1ccc2cc[nH]c2c1)N1CC(n2cccn2)C1. The highest BCUT2D eigenvalue weighted by atomic mass is 16.2. The Labute approximate surface area is 115 Å². The van der Waals surface area contributed by atoms with Crippen molar-refractivity contribution in [2.45, 2.75) is 6.04 Å². The lowest BCUT2D eigenvalue weighted by atomic mass is 10.1. The van der Waals surface area contributed by atoms with E-state index in [9.17, 15) is 4.79 Å². The van der Waals surface area contributed by atoms with Crippen molar-refractivity contribution in [1.29, 1.82) is 0 Å². The molecular weight excluding hydrogens is 252 g/mol. The number of carbonyl (C=O) groups is 1. The number of nitrogens with one attached hydrogen (secondary N) is 1. The van der Waals surface area contributed by atoms with Crippen molar-refractivity contribution < 1.29 is 4.79 Å². The van der Waals surface area contributed by atoms with Gasteiger partial charge in [0.2, 0.25) is 0 Å². The van der Waals surface area contributed by atoms with Crippen molar-refractivity contribution in [3.63, 3.8) is 0 Å². The van der Waals surface area contributed by atoms with Crippen LogP contribution in [-0.4, -0.2) is 38.7 Å². The minimum Gasteiger partial charge on any atom is -0.361 e. The van der Waals surface area contributed by atoms with Gasteiger partial charge in [0, 0.05) is 42.8 Å². The van der Waals surface area contributed by atoms with Crippen molar-refractivity contribution in [1.82, 2.24) is 19.7 Å². The maximum absolute atomic E-state index is 12.4. The molecule has 5 heteroatoms. The van der Waals surface area contributed by atoms with Crippen LogP contribution in [0.4, 0.5) is 0 Å². The van der Waals surface area contributed by atoms with Gasteiger partial charge < -0.3 is 9.88 Å². The van der Waals surface area contributed by atoms with Crippen molar-refractivity contribution in [2.75, 3.05) is 13.1 Å². The van der Waals surface area contributed by atoms with E-state index in [4.69, 9.17) is 0 Å². The first-order valence-electron chi connectivity index (χ1n) is 6.67. The van der Waals surface area contributed by atoms with Gasteiger partial charge in [-0.25, -0.2) is 0 Å². The molecule has 2 aromatic heterocycles. The summed E-state index contributed by atoms with van der Waals surface area (Å²) in [5.74, 6) is 0.0879. The number of benzene rings is 1. The fourth-order valence-electron chi connectivity index (χ4n) is 2.65. The summed E-state index contributed by atoms with van der Waals surface area (Å²) in [4.78, 5) is 17.4. The maximum atomic E-state index is 12.4. The van der Waals surface area contributed by atoms with Gasteiger partial charge in [0.25, 0.3) is 5.91 Å². The van der Waals surface area contributed by atoms with Crippen LogP contribution in [-0.2, 0) is 0 Å². The molecule has 0 spiro atoms. The first kappa shape index (κ1) is 11.3. The molecule has 0 bridgehead atoms.